The van der Waals surface area contributed by atoms with Crippen LogP contribution in [0.15, 0.2) is 11.6 Å². The fraction of sp³-hybridized carbons (Fsp3) is 0.727. The number of hydrogen-bond acceptors (Lipinski definition) is 4. The number of hydrogen-bond donors (Lipinski definition) is 2. The van der Waals surface area contributed by atoms with Crippen molar-refractivity contribution in [3.05, 3.63) is 16.6 Å². The summed E-state index contributed by atoms with van der Waals surface area (Å²) in [6, 6.07) is 0. The van der Waals surface area contributed by atoms with E-state index in [1.165, 1.54) is 24.4 Å². The summed E-state index contributed by atoms with van der Waals surface area (Å²) in [5.41, 5.74) is 0. The van der Waals surface area contributed by atoms with E-state index in [-0.39, 0.29) is 0 Å². The zero-order valence-corrected chi connectivity index (χ0v) is 9.85. The van der Waals surface area contributed by atoms with Crippen LogP contribution in [0.25, 0.3) is 0 Å². The Kier molecular flexibility index (Phi) is 4.57. The van der Waals surface area contributed by atoms with Crippen molar-refractivity contribution in [2.45, 2.75) is 19.3 Å². The first-order valence-electron chi connectivity index (χ1n) is 5.75. The molecular formula is C11H19N3S. The number of aromatic nitrogens is 1. The smallest absolute Gasteiger partial charge is 0.0937 e. The van der Waals surface area contributed by atoms with Crippen molar-refractivity contribution in [3.8, 4) is 0 Å². The summed E-state index contributed by atoms with van der Waals surface area (Å²) in [7, 11) is 0. The summed E-state index contributed by atoms with van der Waals surface area (Å²) in [6.45, 7) is 4.42. The average molecular weight is 225 g/mol. The Hall–Kier alpha value is -0.450. The Morgan fingerprint density at radius 1 is 1.27 bits per heavy atom. The third-order valence-corrected chi connectivity index (χ3v) is 3.45. The Morgan fingerprint density at radius 3 is 2.87 bits per heavy atom. The second kappa shape index (κ2) is 6.20. The summed E-state index contributed by atoms with van der Waals surface area (Å²) >= 11 is 1.74. The van der Waals surface area contributed by atoms with Crippen LogP contribution in [0.5, 0.6) is 0 Å². The molecule has 1 heterocycles. The minimum absolute atomic E-state index is 0.986. The highest BCUT2D eigenvalue weighted by molar-refractivity contribution is 7.09. The third kappa shape index (κ3) is 4.73. The number of nitrogens with zero attached hydrogens (tertiary/aromatic N) is 1. The van der Waals surface area contributed by atoms with E-state index in [1.54, 1.807) is 11.3 Å². The maximum atomic E-state index is 4.24. The zero-order valence-electron chi connectivity index (χ0n) is 9.04. The topological polar surface area (TPSA) is 37.0 Å². The van der Waals surface area contributed by atoms with E-state index in [9.17, 15) is 0 Å². The van der Waals surface area contributed by atoms with Gasteiger partial charge in [0.2, 0.25) is 0 Å². The molecule has 2 rings (SSSR count). The second-order valence-electron chi connectivity index (χ2n) is 4.07. The normalized spacial score (nSPS) is 15.7. The predicted octanol–water partition coefficient (Wildman–Crippen LogP) is 1.27. The molecule has 1 aromatic heterocycles. The van der Waals surface area contributed by atoms with Crippen LogP contribution in [0.3, 0.4) is 0 Å². The maximum absolute atomic E-state index is 4.24. The first-order valence-corrected chi connectivity index (χ1v) is 6.63. The van der Waals surface area contributed by atoms with E-state index in [0.29, 0.717) is 0 Å². The molecule has 1 aliphatic rings. The van der Waals surface area contributed by atoms with Crippen molar-refractivity contribution in [1.29, 1.82) is 0 Å². The summed E-state index contributed by atoms with van der Waals surface area (Å²) in [5.74, 6) is 0.986. The molecule has 1 aliphatic carbocycles. The fourth-order valence-electron chi connectivity index (χ4n) is 1.50. The van der Waals surface area contributed by atoms with Crippen molar-refractivity contribution >= 4 is 11.3 Å². The quantitative estimate of drug-likeness (QED) is 0.654. The van der Waals surface area contributed by atoms with Crippen LogP contribution < -0.4 is 10.6 Å². The maximum Gasteiger partial charge on any atom is 0.0937 e. The summed E-state index contributed by atoms with van der Waals surface area (Å²) in [5, 5.41) is 10.2. The zero-order chi connectivity index (χ0) is 10.3. The molecule has 1 fully saturated rings. The molecule has 1 aromatic rings. The molecule has 0 radical (unpaired) electrons. The van der Waals surface area contributed by atoms with Crippen molar-refractivity contribution < 1.29 is 0 Å². The van der Waals surface area contributed by atoms with Gasteiger partial charge in [-0.2, -0.15) is 0 Å². The molecule has 0 bridgehead atoms. The van der Waals surface area contributed by atoms with Gasteiger partial charge in [-0.25, -0.2) is 4.98 Å². The monoisotopic (exact) mass is 225 g/mol. The first kappa shape index (κ1) is 11.0. The highest BCUT2D eigenvalue weighted by Crippen LogP contribution is 2.27. The third-order valence-electron chi connectivity index (χ3n) is 2.61. The molecule has 0 saturated heterocycles. The van der Waals surface area contributed by atoms with Crippen LogP contribution in [0.2, 0.25) is 0 Å². The lowest BCUT2D eigenvalue weighted by molar-refractivity contribution is 0.590. The van der Waals surface area contributed by atoms with Crippen molar-refractivity contribution in [3.63, 3.8) is 0 Å². The predicted molar refractivity (Wildman–Crippen MR) is 64.3 cm³/mol. The molecule has 3 nitrogen and oxygen atoms in total. The summed E-state index contributed by atoms with van der Waals surface area (Å²) < 4.78 is 0. The van der Waals surface area contributed by atoms with Crippen LogP contribution in [-0.2, 0) is 6.42 Å². The summed E-state index contributed by atoms with van der Waals surface area (Å²) in [4.78, 5) is 4.24. The molecule has 0 unspecified atom stereocenters. The van der Waals surface area contributed by atoms with Gasteiger partial charge in [0.25, 0.3) is 0 Å². The highest BCUT2D eigenvalue weighted by Gasteiger charge is 2.19. The number of thiazole rings is 1. The molecule has 0 atom stereocenters. The van der Waals surface area contributed by atoms with Gasteiger partial charge < -0.3 is 10.6 Å². The second-order valence-corrected chi connectivity index (χ2v) is 5.05. The molecule has 0 spiro atoms. The van der Waals surface area contributed by atoms with Crippen molar-refractivity contribution in [1.82, 2.24) is 15.6 Å². The standard InChI is InChI=1S/C11H19N3S/c1-2-10(1)9-13-6-5-12-4-3-11-14-7-8-15-11/h7-8,10,12-13H,1-6,9H2. The van der Waals surface area contributed by atoms with Gasteiger partial charge >= 0.3 is 0 Å². The first-order chi connectivity index (χ1) is 7.45. The van der Waals surface area contributed by atoms with Gasteiger partial charge in [-0.15, -0.1) is 11.3 Å². The van der Waals surface area contributed by atoms with Gasteiger partial charge in [-0.05, 0) is 25.3 Å². The molecule has 1 saturated carbocycles. The molecule has 0 aromatic carbocycles. The molecule has 84 valence electrons. The molecule has 2 N–H and O–H groups in total. The lowest BCUT2D eigenvalue weighted by atomic mass is 10.4. The Balaban J connectivity index is 1.38. The average Bonchev–Trinajstić information content (AvgIpc) is 2.92. The van der Waals surface area contributed by atoms with Crippen molar-refractivity contribution in [2.75, 3.05) is 26.2 Å². The molecule has 4 heteroatoms. The van der Waals surface area contributed by atoms with Gasteiger partial charge in [0, 0.05) is 37.6 Å². The fourth-order valence-corrected chi connectivity index (χ4v) is 2.12. The Morgan fingerprint density at radius 2 is 2.13 bits per heavy atom. The van der Waals surface area contributed by atoms with Gasteiger partial charge in [0.1, 0.15) is 0 Å². The van der Waals surface area contributed by atoms with Crippen LogP contribution in [0.4, 0.5) is 0 Å². The van der Waals surface area contributed by atoms with Crippen LogP contribution >= 0.6 is 11.3 Å². The van der Waals surface area contributed by atoms with E-state index in [1.807, 2.05) is 11.6 Å². The molecule has 0 amide bonds. The highest BCUT2D eigenvalue weighted by atomic mass is 32.1. The molecule has 15 heavy (non-hydrogen) atoms. The van der Waals surface area contributed by atoms with E-state index < -0.39 is 0 Å². The largest absolute Gasteiger partial charge is 0.315 e. The molecular weight excluding hydrogens is 206 g/mol. The van der Waals surface area contributed by atoms with Crippen LogP contribution in [0.1, 0.15) is 17.8 Å². The number of nitrogens with one attached hydrogen (secondary N) is 2. The van der Waals surface area contributed by atoms with Gasteiger partial charge in [0.15, 0.2) is 0 Å². The van der Waals surface area contributed by atoms with Crippen molar-refractivity contribution in [2.24, 2.45) is 5.92 Å². The van der Waals surface area contributed by atoms with E-state index in [4.69, 9.17) is 0 Å². The van der Waals surface area contributed by atoms with Crippen LogP contribution in [-0.4, -0.2) is 31.2 Å². The SMILES string of the molecule is c1csc(CCNCCNCC2CC2)n1. The summed E-state index contributed by atoms with van der Waals surface area (Å²) in [6.07, 6.45) is 5.80. The van der Waals surface area contributed by atoms with E-state index >= 15 is 0 Å². The van der Waals surface area contributed by atoms with E-state index in [2.05, 4.69) is 15.6 Å². The minimum Gasteiger partial charge on any atom is -0.315 e. The lowest BCUT2D eigenvalue weighted by Crippen LogP contribution is -2.29. The Labute approximate surface area is 95.3 Å². The number of rotatable bonds is 8. The van der Waals surface area contributed by atoms with E-state index in [0.717, 1.165) is 32.0 Å². The van der Waals surface area contributed by atoms with Gasteiger partial charge in [-0.3, -0.25) is 0 Å². The lowest BCUT2D eigenvalue weighted by Gasteiger charge is -2.04. The van der Waals surface area contributed by atoms with Crippen LogP contribution in [0, 0.1) is 5.92 Å². The Bertz CT molecular complexity index is 257. The van der Waals surface area contributed by atoms with Gasteiger partial charge in [-0.1, -0.05) is 0 Å². The molecule has 0 aliphatic heterocycles. The van der Waals surface area contributed by atoms with Gasteiger partial charge in [0.05, 0.1) is 5.01 Å². The minimum atomic E-state index is 0.986.